The molecule has 7 rings (SSSR count). The summed E-state index contributed by atoms with van der Waals surface area (Å²) in [7, 11) is 0. The first-order valence-electron chi connectivity index (χ1n) is 8.13. The molecule has 0 amide bonds. The standard InChI is InChI=1S/C20H13N3/c1-2-6-15-14(5-1)22-11-13-8-9-21-10-12-4-3-7-16-17(12)19(21)18(13)20(22)23(15)16/h1-9H,10-11H2/q+2. The van der Waals surface area contributed by atoms with Crippen LogP contribution in [0.25, 0.3) is 38.5 Å². The van der Waals surface area contributed by atoms with E-state index in [0.29, 0.717) is 0 Å². The minimum Gasteiger partial charge on any atom is -0.218 e. The van der Waals surface area contributed by atoms with Crippen LogP contribution in [0.5, 0.6) is 0 Å². The lowest BCUT2D eigenvalue weighted by molar-refractivity contribution is -0.657. The van der Waals surface area contributed by atoms with Crippen LogP contribution in [0.1, 0.15) is 11.1 Å². The molecule has 0 aliphatic carbocycles. The Hall–Kier alpha value is -2.94. The second-order valence-corrected chi connectivity index (χ2v) is 6.74. The van der Waals surface area contributed by atoms with Gasteiger partial charge < -0.3 is 0 Å². The lowest BCUT2D eigenvalue weighted by Gasteiger charge is -1.99. The molecule has 0 radical (unpaired) electrons. The maximum atomic E-state index is 2.48. The van der Waals surface area contributed by atoms with Crippen molar-refractivity contribution in [2.24, 2.45) is 0 Å². The molecule has 0 N–H and O–H groups in total. The van der Waals surface area contributed by atoms with Gasteiger partial charge in [-0.1, -0.05) is 24.3 Å². The molecule has 2 aromatic carbocycles. The fourth-order valence-electron chi connectivity index (χ4n) is 4.83. The van der Waals surface area contributed by atoms with Crippen molar-refractivity contribution in [3.8, 4) is 0 Å². The van der Waals surface area contributed by atoms with Gasteiger partial charge in [0, 0.05) is 17.2 Å². The molecule has 0 unspecified atom stereocenters. The summed E-state index contributed by atoms with van der Waals surface area (Å²) in [6.07, 6.45) is 2.27. The first-order valence-corrected chi connectivity index (χ1v) is 8.13. The normalized spacial score (nSPS) is 14.6. The van der Waals surface area contributed by atoms with Crippen LogP contribution < -0.4 is 9.13 Å². The van der Waals surface area contributed by atoms with E-state index in [4.69, 9.17) is 0 Å². The van der Waals surface area contributed by atoms with Crippen LogP contribution in [0.2, 0.25) is 0 Å². The van der Waals surface area contributed by atoms with E-state index in [2.05, 4.69) is 68.3 Å². The van der Waals surface area contributed by atoms with E-state index in [0.717, 1.165) is 13.1 Å². The van der Waals surface area contributed by atoms with Gasteiger partial charge in [0.25, 0.3) is 0 Å². The fourth-order valence-corrected chi connectivity index (χ4v) is 4.83. The van der Waals surface area contributed by atoms with E-state index < -0.39 is 0 Å². The second-order valence-electron chi connectivity index (χ2n) is 6.74. The number of nitrogens with zero attached hydrogens (tertiary/aromatic N) is 3. The summed E-state index contributed by atoms with van der Waals surface area (Å²) in [6, 6.07) is 17.8. The molecule has 0 fully saturated rings. The number of aromatic nitrogens is 3. The minimum atomic E-state index is 0.981. The zero-order valence-electron chi connectivity index (χ0n) is 12.5. The average molecular weight is 295 g/mol. The monoisotopic (exact) mass is 295 g/mol. The topological polar surface area (TPSA) is 12.2 Å². The first kappa shape index (κ1) is 10.7. The third kappa shape index (κ3) is 0.985. The van der Waals surface area contributed by atoms with E-state index in [9.17, 15) is 0 Å². The summed E-state index contributed by atoms with van der Waals surface area (Å²) in [4.78, 5) is 0. The number of pyridine rings is 2. The smallest absolute Gasteiger partial charge is 0.218 e. The Bertz CT molecular complexity index is 1360. The van der Waals surface area contributed by atoms with Crippen molar-refractivity contribution in [2.45, 2.75) is 13.1 Å². The maximum Gasteiger partial charge on any atom is 0.302 e. The molecular weight excluding hydrogens is 282 g/mol. The molecule has 3 aromatic heterocycles. The van der Waals surface area contributed by atoms with Gasteiger partial charge >= 0.3 is 5.65 Å². The van der Waals surface area contributed by atoms with Crippen LogP contribution in [0.15, 0.2) is 54.7 Å². The molecule has 106 valence electrons. The molecule has 2 aliphatic heterocycles. The third-order valence-corrected chi connectivity index (χ3v) is 5.68. The Morgan fingerprint density at radius 2 is 1.65 bits per heavy atom. The predicted molar refractivity (Wildman–Crippen MR) is 88.5 cm³/mol. The van der Waals surface area contributed by atoms with Gasteiger partial charge in [-0.25, -0.2) is 4.57 Å². The van der Waals surface area contributed by atoms with Gasteiger partial charge in [-0.2, -0.15) is 8.97 Å². The van der Waals surface area contributed by atoms with Crippen LogP contribution in [0.4, 0.5) is 0 Å². The molecule has 0 saturated carbocycles. The highest BCUT2D eigenvalue weighted by atomic mass is 15.2. The van der Waals surface area contributed by atoms with Crippen molar-refractivity contribution < 1.29 is 9.13 Å². The van der Waals surface area contributed by atoms with Crippen molar-refractivity contribution in [1.82, 2.24) is 4.40 Å². The Balaban J connectivity index is 2.01. The van der Waals surface area contributed by atoms with Crippen molar-refractivity contribution in [3.05, 3.63) is 65.9 Å². The second kappa shape index (κ2) is 3.20. The third-order valence-electron chi connectivity index (χ3n) is 5.68. The van der Waals surface area contributed by atoms with E-state index in [-0.39, 0.29) is 0 Å². The van der Waals surface area contributed by atoms with Gasteiger partial charge in [0.2, 0.25) is 5.52 Å². The maximum absolute atomic E-state index is 2.48. The zero-order chi connectivity index (χ0) is 14.7. The summed E-state index contributed by atoms with van der Waals surface area (Å²) in [5, 5.41) is 2.88. The van der Waals surface area contributed by atoms with Crippen LogP contribution >= 0.6 is 0 Å². The van der Waals surface area contributed by atoms with Crippen molar-refractivity contribution in [1.29, 1.82) is 0 Å². The molecule has 5 heterocycles. The Morgan fingerprint density at radius 1 is 0.783 bits per heavy atom. The fraction of sp³-hybridized carbons (Fsp3) is 0.100. The molecule has 3 heteroatoms. The van der Waals surface area contributed by atoms with Crippen molar-refractivity contribution in [2.75, 3.05) is 0 Å². The molecule has 23 heavy (non-hydrogen) atoms. The van der Waals surface area contributed by atoms with E-state index >= 15 is 0 Å². The molecule has 0 spiro atoms. The molecule has 0 saturated heterocycles. The molecule has 5 aromatic rings. The quantitative estimate of drug-likeness (QED) is 0.301. The SMILES string of the molecule is c1cc2c3c(c1)n1c4ccccc4[n+]4c1c1c(cc[n+](c31)C2)C4. The average Bonchev–Trinajstić information content (AvgIpc) is 3.23. The van der Waals surface area contributed by atoms with Gasteiger partial charge in [-0.15, -0.1) is 0 Å². The van der Waals surface area contributed by atoms with Crippen LogP contribution in [-0.2, 0) is 13.1 Å². The van der Waals surface area contributed by atoms with E-state index in [1.54, 1.807) is 0 Å². The Kier molecular flexibility index (Phi) is 1.49. The summed E-state index contributed by atoms with van der Waals surface area (Å²) in [5.41, 5.74) is 9.66. The van der Waals surface area contributed by atoms with Crippen LogP contribution in [0.3, 0.4) is 0 Å². The summed E-state index contributed by atoms with van der Waals surface area (Å²) >= 11 is 0. The number of imidazole rings is 1. The lowest BCUT2D eigenvalue weighted by atomic mass is 10.1. The first-order chi connectivity index (χ1) is 11.4. The highest BCUT2D eigenvalue weighted by Gasteiger charge is 2.38. The molecule has 0 atom stereocenters. The predicted octanol–water partition coefficient (Wildman–Crippen LogP) is 2.70. The number of benzene rings is 2. The minimum absolute atomic E-state index is 0.981. The number of para-hydroxylation sites is 2. The summed E-state index contributed by atoms with van der Waals surface area (Å²) < 4.78 is 7.38. The van der Waals surface area contributed by atoms with Gasteiger partial charge in [-0.3, -0.25) is 0 Å². The molecule has 2 aliphatic rings. The molecular formula is C20H13N3+2. The van der Waals surface area contributed by atoms with E-state index in [1.165, 1.54) is 49.6 Å². The zero-order valence-corrected chi connectivity index (χ0v) is 12.5. The van der Waals surface area contributed by atoms with Gasteiger partial charge in [-0.05, 0) is 18.2 Å². The number of hydrogen-bond donors (Lipinski definition) is 0. The highest BCUT2D eigenvalue weighted by Crippen LogP contribution is 2.38. The number of rotatable bonds is 0. The van der Waals surface area contributed by atoms with Crippen molar-refractivity contribution in [3.63, 3.8) is 0 Å². The largest absolute Gasteiger partial charge is 0.302 e. The number of fused-ring (bicyclic) bond motifs is 4. The van der Waals surface area contributed by atoms with Crippen LogP contribution in [0, 0.1) is 0 Å². The van der Waals surface area contributed by atoms with Crippen LogP contribution in [-0.4, -0.2) is 4.40 Å². The lowest BCUT2D eigenvalue weighted by Crippen LogP contribution is -2.31. The van der Waals surface area contributed by atoms with E-state index in [1.807, 2.05) is 0 Å². The molecule has 3 nitrogen and oxygen atoms in total. The van der Waals surface area contributed by atoms with Gasteiger partial charge in [0.15, 0.2) is 23.8 Å². The summed E-state index contributed by atoms with van der Waals surface area (Å²) in [6.45, 7) is 1.98. The Labute approximate surface area is 131 Å². The van der Waals surface area contributed by atoms with Gasteiger partial charge in [0.05, 0.1) is 0 Å². The van der Waals surface area contributed by atoms with Gasteiger partial charge in [0.1, 0.15) is 22.8 Å². The molecule has 0 bridgehead atoms. The Morgan fingerprint density at radius 3 is 2.65 bits per heavy atom. The highest BCUT2D eigenvalue weighted by molar-refractivity contribution is 6.12. The van der Waals surface area contributed by atoms with Crippen molar-refractivity contribution >= 4 is 38.5 Å². The number of hydrogen-bond acceptors (Lipinski definition) is 0. The summed E-state index contributed by atoms with van der Waals surface area (Å²) in [5.74, 6) is 0.